The van der Waals surface area contributed by atoms with Crippen LogP contribution in [0.5, 0.6) is 0 Å². The van der Waals surface area contributed by atoms with Gasteiger partial charge in [-0.3, -0.25) is 0 Å². The van der Waals surface area contributed by atoms with Crippen molar-refractivity contribution < 1.29 is 17.4 Å². The van der Waals surface area contributed by atoms with E-state index in [-0.39, 0.29) is 24.8 Å². The van der Waals surface area contributed by atoms with E-state index in [0.717, 1.165) is 12.8 Å². The summed E-state index contributed by atoms with van der Waals surface area (Å²) in [4.78, 5) is 0. The van der Waals surface area contributed by atoms with Crippen LogP contribution in [0.15, 0.2) is 90.5 Å². The summed E-state index contributed by atoms with van der Waals surface area (Å²) in [5.74, 6) is 1.13. The maximum atomic E-state index is 2.71. The second-order valence-electron chi connectivity index (χ2n) is 11.3. The predicted molar refractivity (Wildman–Crippen MR) is 157 cm³/mol. The summed E-state index contributed by atoms with van der Waals surface area (Å²) in [5.41, 5.74) is 9.06. The van der Waals surface area contributed by atoms with Gasteiger partial charge in [0.25, 0.3) is 0 Å². The first-order valence-electron chi connectivity index (χ1n) is 12.1. The topological polar surface area (TPSA) is 0 Å². The van der Waals surface area contributed by atoms with Gasteiger partial charge in [0, 0.05) is 0 Å². The molecular formula is C30H40Cl2SiZr. The van der Waals surface area contributed by atoms with E-state index in [1.165, 1.54) is 22.3 Å². The smallest absolute Gasteiger partial charge is 0.147 e. The molecule has 0 unspecified atom stereocenters. The van der Waals surface area contributed by atoms with Crippen molar-refractivity contribution in [3.63, 3.8) is 0 Å². The van der Waals surface area contributed by atoms with E-state index in [9.17, 15) is 0 Å². The van der Waals surface area contributed by atoms with Gasteiger partial charge in [-0.2, -0.15) is 0 Å². The van der Waals surface area contributed by atoms with Crippen LogP contribution in [0.25, 0.3) is 11.1 Å². The standard InChI is InChI=1S/2C14H15.2CH3.2ClH.H2Si.Zr/c2*1-11(2)13-8-9-14(10-13)12-6-4-3-5-7-12;;;;;;/h2*3-7,10-11H,9H2,1-2H3;2*1H3;2*1H;1H2;. The zero-order valence-corrected chi connectivity index (χ0v) is 27.0. The maximum Gasteiger partial charge on any atom is -0.147 e. The molecule has 4 rings (SSSR count). The Hall–Kier alpha value is -0.920. The molecule has 0 atom stereocenters. The van der Waals surface area contributed by atoms with Crippen LogP contribution in [0, 0.1) is 11.8 Å². The average molecular weight is 591 g/mol. The quantitative estimate of drug-likeness (QED) is 0.295. The monoisotopic (exact) mass is 588 g/mol. The summed E-state index contributed by atoms with van der Waals surface area (Å²) in [6.07, 6.45) is 7.35. The van der Waals surface area contributed by atoms with Crippen molar-refractivity contribution in [3.05, 3.63) is 102 Å². The molecule has 0 aliphatic heterocycles. The Bertz CT molecular complexity index is 1130. The fourth-order valence-electron chi connectivity index (χ4n) is 5.62. The summed E-state index contributed by atoms with van der Waals surface area (Å²) in [7, 11) is 0. The van der Waals surface area contributed by atoms with E-state index in [1.54, 1.807) is 11.1 Å². The van der Waals surface area contributed by atoms with Gasteiger partial charge in [-0.25, -0.2) is 0 Å². The zero-order chi connectivity index (χ0) is 23.1. The fraction of sp³-hybridized carbons (Fsp3) is 0.333. The molecule has 0 aromatic heterocycles. The molecular weight excluding hydrogens is 551 g/mol. The molecule has 0 nitrogen and oxygen atoms in total. The molecule has 2 aliphatic rings. The summed E-state index contributed by atoms with van der Waals surface area (Å²) in [5, 5.41) is 0. The van der Waals surface area contributed by atoms with Gasteiger partial charge < -0.3 is 0 Å². The van der Waals surface area contributed by atoms with E-state index in [4.69, 9.17) is 0 Å². The molecule has 0 spiro atoms. The van der Waals surface area contributed by atoms with E-state index in [0.29, 0.717) is 11.8 Å². The second-order valence-corrected chi connectivity index (χ2v) is 40.0. The van der Waals surface area contributed by atoms with Crippen LogP contribution in [0.3, 0.4) is 0 Å². The minimum Gasteiger partial charge on any atom is -0.147 e. The molecule has 0 saturated carbocycles. The van der Waals surface area contributed by atoms with Crippen molar-refractivity contribution in [3.8, 4) is 0 Å². The van der Waals surface area contributed by atoms with E-state index in [2.05, 4.69) is 117 Å². The third-order valence-corrected chi connectivity index (χ3v) is 24.4. The normalized spacial score (nSPS) is 16.5. The van der Waals surface area contributed by atoms with Crippen molar-refractivity contribution >= 4 is 42.8 Å². The Morgan fingerprint density at radius 1 is 0.618 bits per heavy atom. The molecule has 0 amide bonds. The summed E-state index contributed by atoms with van der Waals surface area (Å²) in [6.45, 7) is 11.9. The number of allylic oxidation sites excluding steroid dienone is 8. The molecule has 0 heterocycles. The first-order chi connectivity index (χ1) is 15.1. The Balaban J connectivity index is 0.00000204. The Morgan fingerprint density at radius 3 is 1.24 bits per heavy atom. The van der Waals surface area contributed by atoms with Crippen LogP contribution in [0.4, 0.5) is 0 Å². The largest absolute Gasteiger partial charge is 0.147 e. The number of hydrogen-bond donors (Lipinski definition) is 0. The summed E-state index contributed by atoms with van der Waals surface area (Å²) in [6, 6.07) is 22.1. The maximum absolute atomic E-state index is 3.38. The molecule has 0 radical (unpaired) electrons. The molecule has 2 aliphatic carbocycles. The zero-order valence-electron chi connectivity index (χ0n) is 21.5. The molecule has 2 aromatic carbocycles. The number of rotatable bonds is 6. The molecule has 0 N–H and O–H groups in total. The molecule has 2 aromatic rings. The Morgan fingerprint density at radius 2 is 0.941 bits per heavy atom. The molecule has 0 saturated heterocycles. The summed E-state index contributed by atoms with van der Waals surface area (Å²) >= 11 is -3.38. The van der Waals surface area contributed by atoms with Gasteiger partial charge in [-0.15, -0.1) is 24.8 Å². The number of halogens is 2. The Labute approximate surface area is 222 Å². The molecule has 0 fully saturated rings. The third-order valence-electron chi connectivity index (χ3n) is 7.56. The molecule has 34 heavy (non-hydrogen) atoms. The van der Waals surface area contributed by atoms with Gasteiger partial charge in [0.05, 0.1) is 0 Å². The second kappa shape index (κ2) is 11.0. The van der Waals surface area contributed by atoms with Gasteiger partial charge in [0.2, 0.25) is 0 Å². The first kappa shape index (κ1) is 29.3. The number of hydrogen-bond acceptors (Lipinski definition) is 0. The van der Waals surface area contributed by atoms with Crippen LogP contribution in [-0.4, -0.2) is 6.88 Å². The van der Waals surface area contributed by atoms with Crippen LogP contribution in [0.2, 0.25) is 9.26 Å². The van der Waals surface area contributed by atoms with Crippen LogP contribution < -0.4 is 0 Å². The third kappa shape index (κ3) is 5.57. The van der Waals surface area contributed by atoms with Crippen LogP contribution >= 0.6 is 24.8 Å². The van der Waals surface area contributed by atoms with E-state index in [1.807, 2.05) is 6.56 Å². The van der Waals surface area contributed by atoms with Gasteiger partial charge in [0.15, 0.2) is 0 Å². The molecule has 0 bridgehead atoms. The van der Waals surface area contributed by atoms with Gasteiger partial charge >= 0.3 is 199 Å². The van der Waals surface area contributed by atoms with Crippen molar-refractivity contribution in [1.29, 1.82) is 0 Å². The predicted octanol–water partition coefficient (Wildman–Crippen LogP) is 8.96. The van der Waals surface area contributed by atoms with Crippen molar-refractivity contribution in [2.45, 2.75) is 49.8 Å². The average Bonchev–Trinajstić information content (AvgIpc) is 3.42. The van der Waals surface area contributed by atoms with Gasteiger partial charge in [-0.05, 0) is 0 Å². The Kier molecular flexibility index (Phi) is 9.48. The number of benzene rings is 2. The van der Waals surface area contributed by atoms with Gasteiger partial charge in [-0.1, -0.05) is 0 Å². The van der Waals surface area contributed by atoms with Gasteiger partial charge in [0.1, 0.15) is 0 Å². The summed E-state index contributed by atoms with van der Waals surface area (Å²) < 4.78 is 9.04. The molecule has 4 heteroatoms. The van der Waals surface area contributed by atoms with E-state index >= 15 is 0 Å². The van der Waals surface area contributed by atoms with Crippen molar-refractivity contribution in [2.24, 2.45) is 11.8 Å². The minimum atomic E-state index is -3.38. The van der Waals surface area contributed by atoms with Crippen molar-refractivity contribution in [2.75, 3.05) is 0 Å². The van der Waals surface area contributed by atoms with Crippen molar-refractivity contribution in [1.82, 2.24) is 0 Å². The van der Waals surface area contributed by atoms with Crippen LogP contribution in [-0.2, 0) is 17.4 Å². The first-order valence-corrected chi connectivity index (χ1v) is 25.4. The SMILES string of the molecule is CC(C)C1=[C]([Zr]([CH3])([CH3])(=[SiH2])[C]2=C(C(C)C)C=C(c3ccccc3)C2)CC(c2ccccc2)=C1.Cl.Cl. The fourth-order valence-corrected chi connectivity index (χ4v) is 20.5. The van der Waals surface area contributed by atoms with Crippen LogP contribution in [0.1, 0.15) is 51.7 Å². The minimum absolute atomic E-state index is 0. The van der Waals surface area contributed by atoms with E-state index < -0.39 is 17.4 Å². The molecule has 182 valence electrons.